The van der Waals surface area contributed by atoms with Crippen LogP contribution in [-0.2, 0) is 18.4 Å². The predicted molar refractivity (Wildman–Crippen MR) is 111 cm³/mol. The van der Waals surface area contributed by atoms with Crippen molar-refractivity contribution in [1.29, 1.82) is 0 Å². The monoisotopic (exact) mass is 462 g/mol. The van der Waals surface area contributed by atoms with Gasteiger partial charge in [0.1, 0.15) is 0 Å². The number of hydrogen-bond donors (Lipinski definition) is 1. The Bertz CT molecular complexity index is 592. The number of aromatic nitrogens is 2. The number of amides is 1. The number of rotatable bonds is 5. The Morgan fingerprint density at radius 2 is 2.00 bits per heavy atom. The number of guanidine groups is 1. The fourth-order valence-electron chi connectivity index (χ4n) is 3.53. The van der Waals surface area contributed by atoms with Crippen LogP contribution in [-0.4, -0.2) is 66.2 Å². The summed E-state index contributed by atoms with van der Waals surface area (Å²) < 4.78 is 1.79. The highest BCUT2D eigenvalue weighted by Crippen LogP contribution is 2.38. The molecule has 0 radical (unpaired) electrons. The molecule has 0 spiro atoms. The molecule has 142 valence electrons. The summed E-state index contributed by atoms with van der Waals surface area (Å²) in [5.41, 5.74) is 0.831. The maximum absolute atomic E-state index is 12.7. The highest BCUT2D eigenvalue weighted by molar-refractivity contribution is 14.0. The first kappa shape index (κ1) is 21.7. The second kappa shape index (κ2) is 9.40. The molecule has 25 heavy (non-hydrogen) atoms. The SMILES string of the molecule is CN=C(NCC1(C(=O)N(C)C)CCCC1)N(C)Cc1cnn(C)c1.I. The first-order valence-corrected chi connectivity index (χ1v) is 8.49. The van der Waals surface area contributed by atoms with E-state index in [1.807, 2.05) is 40.6 Å². The van der Waals surface area contributed by atoms with Gasteiger partial charge in [0, 0.05) is 60.1 Å². The molecule has 0 aliphatic heterocycles. The van der Waals surface area contributed by atoms with Crippen LogP contribution in [0.3, 0.4) is 0 Å². The van der Waals surface area contributed by atoms with Crippen molar-refractivity contribution in [3.8, 4) is 0 Å². The molecule has 8 heteroatoms. The van der Waals surface area contributed by atoms with Gasteiger partial charge < -0.3 is 15.1 Å². The molecule has 1 aliphatic carbocycles. The Balaban J connectivity index is 0.00000312. The van der Waals surface area contributed by atoms with Gasteiger partial charge in [-0.25, -0.2) is 0 Å². The van der Waals surface area contributed by atoms with E-state index in [0.717, 1.165) is 43.8 Å². The third kappa shape index (κ3) is 5.32. The molecular formula is C17H31IN6O. The third-order valence-corrected chi connectivity index (χ3v) is 4.76. The third-order valence-electron chi connectivity index (χ3n) is 4.76. The number of nitrogens with one attached hydrogen (secondary N) is 1. The van der Waals surface area contributed by atoms with Gasteiger partial charge in [0.15, 0.2) is 5.96 Å². The fourth-order valence-corrected chi connectivity index (χ4v) is 3.53. The van der Waals surface area contributed by atoms with E-state index in [4.69, 9.17) is 0 Å². The zero-order valence-corrected chi connectivity index (χ0v) is 18.3. The predicted octanol–water partition coefficient (Wildman–Crippen LogP) is 1.69. The van der Waals surface area contributed by atoms with Gasteiger partial charge in [-0.3, -0.25) is 14.5 Å². The van der Waals surface area contributed by atoms with Crippen LogP contribution in [0.5, 0.6) is 0 Å². The zero-order chi connectivity index (χ0) is 17.7. The molecule has 1 fully saturated rings. The molecule has 0 bridgehead atoms. The molecule has 0 aromatic carbocycles. The van der Waals surface area contributed by atoms with Crippen molar-refractivity contribution in [2.45, 2.75) is 32.2 Å². The van der Waals surface area contributed by atoms with Crippen LogP contribution in [0.4, 0.5) is 0 Å². The van der Waals surface area contributed by atoms with Gasteiger partial charge in [0.25, 0.3) is 0 Å². The molecule has 1 aliphatic rings. The van der Waals surface area contributed by atoms with Crippen LogP contribution in [0.1, 0.15) is 31.2 Å². The van der Waals surface area contributed by atoms with E-state index in [1.165, 1.54) is 0 Å². The minimum Gasteiger partial charge on any atom is -0.355 e. The Hall–Kier alpha value is -1.32. The molecule has 0 unspecified atom stereocenters. The normalized spacial score (nSPS) is 16.3. The molecule has 0 atom stereocenters. The van der Waals surface area contributed by atoms with Crippen molar-refractivity contribution in [3.63, 3.8) is 0 Å². The van der Waals surface area contributed by atoms with E-state index in [9.17, 15) is 4.79 Å². The Morgan fingerprint density at radius 3 is 2.48 bits per heavy atom. The molecule has 7 nitrogen and oxygen atoms in total. The largest absolute Gasteiger partial charge is 0.355 e. The Labute approximate surface area is 167 Å². The van der Waals surface area contributed by atoms with E-state index in [1.54, 1.807) is 16.6 Å². The lowest BCUT2D eigenvalue weighted by Crippen LogP contribution is -2.49. The molecule has 1 aromatic rings. The average Bonchev–Trinajstić information content (AvgIpc) is 3.17. The molecule has 1 N–H and O–H groups in total. The highest BCUT2D eigenvalue weighted by Gasteiger charge is 2.42. The van der Waals surface area contributed by atoms with Gasteiger partial charge >= 0.3 is 0 Å². The molecule has 2 rings (SSSR count). The van der Waals surface area contributed by atoms with Crippen LogP contribution in [0, 0.1) is 5.41 Å². The molecule has 1 amide bonds. The number of carbonyl (C=O) groups is 1. The summed E-state index contributed by atoms with van der Waals surface area (Å²) in [7, 11) is 9.36. The fraction of sp³-hybridized carbons (Fsp3) is 0.706. The van der Waals surface area contributed by atoms with E-state index < -0.39 is 0 Å². The summed E-state index contributed by atoms with van der Waals surface area (Å²) in [6, 6.07) is 0. The smallest absolute Gasteiger partial charge is 0.230 e. The Morgan fingerprint density at radius 1 is 1.36 bits per heavy atom. The van der Waals surface area contributed by atoms with E-state index in [0.29, 0.717) is 6.54 Å². The number of hydrogen-bond acceptors (Lipinski definition) is 3. The van der Waals surface area contributed by atoms with Gasteiger partial charge in [0.2, 0.25) is 5.91 Å². The summed E-state index contributed by atoms with van der Waals surface area (Å²) in [5, 5.41) is 7.61. The minimum atomic E-state index is -0.297. The van der Waals surface area contributed by atoms with Gasteiger partial charge in [-0.15, -0.1) is 24.0 Å². The zero-order valence-electron chi connectivity index (χ0n) is 15.9. The van der Waals surface area contributed by atoms with Crippen molar-refractivity contribution < 1.29 is 4.79 Å². The standard InChI is InChI=1S/C17H30N6O.HI/c1-18-16(22(4)11-14-10-20-23(5)12-14)19-13-17(8-6-7-9-17)15(24)21(2)3;/h10,12H,6-9,11,13H2,1-5H3,(H,18,19);1H. The first-order chi connectivity index (χ1) is 11.4. The minimum absolute atomic E-state index is 0. The maximum atomic E-state index is 12.7. The van der Waals surface area contributed by atoms with Crippen molar-refractivity contribution in [3.05, 3.63) is 18.0 Å². The number of aliphatic imine (C=N–C) groups is 1. The average molecular weight is 462 g/mol. The lowest BCUT2D eigenvalue weighted by atomic mass is 9.84. The van der Waals surface area contributed by atoms with Crippen LogP contribution in [0.2, 0.25) is 0 Å². The van der Waals surface area contributed by atoms with Crippen molar-refractivity contribution in [2.75, 3.05) is 34.7 Å². The van der Waals surface area contributed by atoms with E-state index >= 15 is 0 Å². The Kier molecular flexibility index (Phi) is 8.17. The number of nitrogens with zero attached hydrogens (tertiary/aromatic N) is 5. The maximum Gasteiger partial charge on any atom is 0.230 e. The highest BCUT2D eigenvalue weighted by atomic mass is 127. The number of carbonyl (C=O) groups excluding carboxylic acids is 1. The quantitative estimate of drug-likeness (QED) is 0.411. The summed E-state index contributed by atoms with van der Waals surface area (Å²) in [6.07, 6.45) is 7.98. The summed E-state index contributed by atoms with van der Waals surface area (Å²) in [5.74, 6) is 1.02. The van der Waals surface area contributed by atoms with Crippen LogP contribution in [0.25, 0.3) is 0 Å². The van der Waals surface area contributed by atoms with Crippen LogP contribution >= 0.6 is 24.0 Å². The van der Waals surface area contributed by atoms with E-state index in [-0.39, 0.29) is 35.3 Å². The van der Waals surface area contributed by atoms with Gasteiger partial charge in [0.05, 0.1) is 11.6 Å². The van der Waals surface area contributed by atoms with Crippen molar-refractivity contribution in [1.82, 2.24) is 24.9 Å². The molecule has 1 aromatic heterocycles. The van der Waals surface area contributed by atoms with Gasteiger partial charge in [-0.05, 0) is 12.8 Å². The van der Waals surface area contributed by atoms with Gasteiger partial charge in [-0.2, -0.15) is 5.10 Å². The van der Waals surface area contributed by atoms with Crippen molar-refractivity contribution >= 4 is 35.8 Å². The van der Waals surface area contributed by atoms with Gasteiger partial charge in [-0.1, -0.05) is 12.8 Å². The lowest BCUT2D eigenvalue weighted by molar-refractivity contribution is -0.138. The number of aryl methyl sites for hydroxylation is 1. The molecule has 1 heterocycles. The summed E-state index contributed by atoms with van der Waals surface area (Å²) in [4.78, 5) is 20.8. The second-order valence-corrected chi connectivity index (χ2v) is 6.97. The molecule has 0 saturated heterocycles. The summed E-state index contributed by atoms with van der Waals surface area (Å²) in [6.45, 7) is 1.36. The lowest BCUT2D eigenvalue weighted by Gasteiger charge is -2.32. The topological polar surface area (TPSA) is 65.8 Å². The second-order valence-electron chi connectivity index (χ2n) is 6.97. The first-order valence-electron chi connectivity index (χ1n) is 8.49. The van der Waals surface area contributed by atoms with Crippen LogP contribution < -0.4 is 5.32 Å². The molecule has 1 saturated carbocycles. The van der Waals surface area contributed by atoms with E-state index in [2.05, 4.69) is 20.3 Å². The molecular weight excluding hydrogens is 431 g/mol. The summed E-state index contributed by atoms with van der Waals surface area (Å²) >= 11 is 0. The van der Waals surface area contributed by atoms with Crippen molar-refractivity contribution in [2.24, 2.45) is 17.5 Å². The van der Waals surface area contributed by atoms with Crippen LogP contribution in [0.15, 0.2) is 17.4 Å². The number of halogens is 1.